The number of H-pyrrole nitrogens is 1. The minimum absolute atomic E-state index is 0. The predicted octanol–water partition coefficient (Wildman–Crippen LogP) is 2.29. The minimum atomic E-state index is 0. The van der Waals surface area contributed by atoms with Crippen LogP contribution in [0.1, 0.15) is 12.6 Å². The summed E-state index contributed by atoms with van der Waals surface area (Å²) in [5, 5.41) is 11.0. The van der Waals surface area contributed by atoms with E-state index in [1.54, 1.807) is 0 Å². The molecular weight excluding hydrogens is 272 g/mol. The van der Waals surface area contributed by atoms with E-state index in [0.29, 0.717) is 6.04 Å². The fourth-order valence-electron chi connectivity index (χ4n) is 2.60. The van der Waals surface area contributed by atoms with Crippen LogP contribution in [0, 0.1) is 0 Å². The average molecular weight is 293 g/mol. The van der Waals surface area contributed by atoms with Crippen molar-refractivity contribution < 1.29 is 0 Å². The summed E-state index contributed by atoms with van der Waals surface area (Å²) < 4.78 is 0. The van der Waals surface area contributed by atoms with Gasteiger partial charge < -0.3 is 5.32 Å². The molecule has 1 aliphatic heterocycles. The third-order valence-electron chi connectivity index (χ3n) is 3.55. The SMILES string of the molecule is C[C@H]1CN(Cc2cc(-c3ccccc3)n[nH]2)CCN1.Cl. The Morgan fingerprint density at radius 3 is 2.85 bits per heavy atom. The number of benzene rings is 1. The number of aromatic nitrogens is 2. The summed E-state index contributed by atoms with van der Waals surface area (Å²) >= 11 is 0. The molecule has 0 amide bonds. The molecule has 1 fully saturated rings. The molecule has 3 rings (SSSR count). The smallest absolute Gasteiger partial charge is 0.0924 e. The van der Waals surface area contributed by atoms with Gasteiger partial charge in [-0.05, 0) is 13.0 Å². The second-order valence-corrected chi connectivity index (χ2v) is 5.23. The maximum absolute atomic E-state index is 4.40. The molecule has 0 aliphatic carbocycles. The van der Waals surface area contributed by atoms with E-state index in [0.717, 1.165) is 31.9 Å². The topological polar surface area (TPSA) is 44.0 Å². The van der Waals surface area contributed by atoms with Crippen molar-refractivity contribution in [1.29, 1.82) is 0 Å². The number of nitrogens with one attached hydrogen (secondary N) is 2. The fraction of sp³-hybridized carbons (Fsp3) is 0.400. The van der Waals surface area contributed by atoms with Gasteiger partial charge >= 0.3 is 0 Å². The van der Waals surface area contributed by atoms with Gasteiger partial charge in [0.15, 0.2) is 0 Å². The number of piperazine rings is 1. The van der Waals surface area contributed by atoms with Gasteiger partial charge in [-0.15, -0.1) is 12.4 Å². The predicted molar refractivity (Wildman–Crippen MR) is 84.0 cm³/mol. The Morgan fingerprint density at radius 2 is 2.10 bits per heavy atom. The van der Waals surface area contributed by atoms with Gasteiger partial charge in [0.25, 0.3) is 0 Å². The van der Waals surface area contributed by atoms with Crippen molar-refractivity contribution in [3.8, 4) is 11.3 Å². The van der Waals surface area contributed by atoms with Crippen molar-refractivity contribution in [3.05, 3.63) is 42.1 Å². The van der Waals surface area contributed by atoms with Crippen LogP contribution in [0.4, 0.5) is 0 Å². The Labute approximate surface area is 126 Å². The van der Waals surface area contributed by atoms with E-state index in [4.69, 9.17) is 0 Å². The lowest BCUT2D eigenvalue weighted by Crippen LogP contribution is -2.48. The lowest BCUT2D eigenvalue weighted by Gasteiger charge is -2.31. The highest BCUT2D eigenvalue weighted by Crippen LogP contribution is 2.17. The summed E-state index contributed by atoms with van der Waals surface area (Å²) in [4.78, 5) is 2.46. The normalized spacial score (nSPS) is 19.6. The summed E-state index contributed by atoms with van der Waals surface area (Å²) in [5.41, 5.74) is 3.38. The molecule has 2 N–H and O–H groups in total. The highest BCUT2D eigenvalue weighted by molar-refractivity contribution is 5.85. The van der Waals surface area contributed by atoms with Crippen LogP contribution in [0.2, 0.25) is 0 Å². The van der Waals surface area contributed by atoms with Gasteiger partial charge in [-0.3, -0.25) is 10.00 Å². The lowest BCUT2D eigenvalue weighted by molar-refractivity contribution is 0.197. The molecule has 0 unspecified atom stereocenters. The van der Waals surface area contributed by atoms with Crippen molar-refractivity contribution in [2.45, 2.75) is 19.5 Å². The molecule has 5 heteroatoms. The highest BCUT2D eigenvalue weighted by atomic mass is 35.5. The summed E-state index contributed by atoms with van der Waals surface area (Å²) in [6, 6.07) is 13.0. The lowest BCUT2D eigenvalue weighted by atomic mass is 10.1. The summed E-state index contributed by atoms with van der Waals surface area (Å²) in [6.07, 6.45) is 0. The number of hydrogen-bond acceptors (Lipinski definition) is 3. The van der Waals surface area contributed by atoms with Gasteiger partial charge in [-0.1, -0.05) is 30.3 Å². The molecule has 108 valence electrons. The Bertz CT molecular complexity index is 526. The Balaban J connectivity index is 0.00000147. The largest absolute Gasteiger partial charge is 0.312 e. The number of hydrogen-bond donors (Lipinski definition) is 2. The maximum atomic E-state index is 4.40. The molecule has 2 aromatic rings. The van der Waals surface area contributed by atoms with Gasteiger partial charge in [0.2, 0.25) is 0 Å². The van der Waals surface area contributed by atoms with E-state index < -0.39 is 0 Å². The van der Waals surface area contributed by atoms with Gasteiger partial charge in [0.05, 0.1) is 5.69 Å². The van der Waals surface area contributed by atoms with E-state index in [-0.39, 0.29) is 12.4 Å². The molecule has 0 radical (unpaired) electrons. The van der Waals surface area contributed by atoms with Crippen molar-refractivity contribution in [1.82, 2.24) is 20.4 Å². The zero-order chi connectivity index (χ0) is 13.1. The first-order valence-corrected chi connectivity index (χ1v) is 6.87. The van der Waals surface area contributed by atoms with Gasteiger partial charge in [-0.2, -0.15) is 5.10 Å². The quantitative estimate of drug-likeness (QED) is 0.912. The van der Waals surface area contributed by atoms with Crippen LogP contribution >= 0.6 is 12.4 Å². The average Bonchev–Trinajstić information content (AvgIpc) is 2.88. The van der Waals surface area contributed by atoms with Crippen LogP contribution in [-0.4, -0.2) is 40.8 Å². The monoisotopic (exact) mass is 292 g/mol. The van der Waals surface area contributed by atoms with Gasteiger partial charge in [-0.25, -0.2) is 0 Å². The van der Waals surface area contributed by atoms with Gasteiger partial charge in [0.1, 0.15) is 0 Å². The summed E-state index contributed by atoms with van der Waals surface area (Å²) in [5.74, 6) is 0. The third kappa shape index (κ3) is 3.60. The van der Waals surface area contributed by atoms with Crippen molar-refractivity contribution in [3.63, 3.8) is 0 Å². The molecule has 0 saturated carbocycles. The fourth-order valence-corrected chi connectivity index (χ4v) is 2.60. The Kier molecular flexibility index (Phi) is 5.17. The first kappa shape index (κ1) is 15.0. The molecule has 2 heterocycles. The summed E-state index contributed by atoms with van der Waals surface area (Å²) in [7, 11) is 0. The second kappa shape index (κ2) is 6.88. The van der Waals surface area contributed by atoms with E-state index in [1.807, 2.05) is 18.2 Å². The standard InChI is InChI=1S/C15H20N4.ClH/c1-12-10-19(8-7-16-12)11-14-9-15(18-17-14)13-5-3-2-4-6-13;/h2-6,9,12,16H,7-8,10-11H2,1H3,(H,17,18);1H/t12-;/m0./s1. The maximum Gasteiger partial charge on any atom is 0.0924 e. The molecule has 1 aromatic carbocycles. The summed E-state index contributed by atoms with van der Waals surface area (Å²) in [6.45, 7) is 6.45. The van der Waals surface area contributed by atoms with Crippen LogP contribution in [0.15, 0.2) is 36.4 Å². The second-order valence-electron chi connectivity index (χ2n) is 5.23. The molecule has 1 atom stereocenters. The number of halogens is 1. The Morgan fingerprint density at radius 1 is 1.30 bits per heavy atom. The molecule has 0 bridgehead atoms. The molecule has 1 saturated heterocycles. The van der Waals surface area contributed by atoms with Crippen LogP contribution < -0.4 is 5.32 Å². The molecule has 1 aliphatic rings. The molecular formula is C15H21ClN4. The third-order valence-corrected chi connectivity index (χ3v) is 3.55. The van der Waals surface area contributed by atoms with Crippen LogP contribution in [-0.2, 0) is 6.54 Å². The number of aromatic amines is 1. The van der Waals surface area contributed by atoms with E-state index in [2.05, 4.69) is 45.5 Å². The minimum Gasteiger partial charge on any atom is -0.312 e. The van der Waals surface area contributed by atoms with Crippen LogP contribution in [0.25, 0.3) is 11.3 Å². The van der Waals surface area contributed by atoms with E-state index in [9.17, 15) is 0 Å². The van der Waals surface area contributed by atoms with E-state index >= 15 is 0 Å². The zero-order valence-electron chi connectivity index (χ0n) is 11.7. The first-order valence-electron chi connectivity index (χ1n) is 6.87. The van der Waals surface area contributed by atoms with Gasteiger partial charge in [0, 0.05) is 43.5 Å². The van der Waals surface area contributed by atoms with Crippen molar-refractivity contribution in [2.75, 3.05) is 19.6 Å². The van der Waals surface area contributed by atoms with Crippen molar-refractivity contribution in [2.24, 2.45) is 0 Å². The van der Waals surface area contributed by atoms with Crippen LogP contribution in [0.3, 0.4) is 0 Å². The van der Waals surface area contributed by atoms with Crippen molar-refractivity contribution >= 4 is 12.4 Å². The molecule has 20 heavy (non-hydrogen) atoms. The van der Waals surface area contributed by atoms with E-state index in [1.165, 1.54) is 11.3 Å². The highest BCUT2D eigenvalue weighted by Gasteiger charge is 2.16. The van der Waals surface area contributed by atoms with Crippen LogP contribution in [0.5, 0.6) is 0 Å². The number of rotatable bonds is 3. The zero-order valence-corrected chi connectivity index (χ0v) is 12.5. The molecule has 1 aromatic heterocycles. The molecule has 0 spiro atoms. The number of nitrogens with zero attached hydrogens (tertiary/aromatic N) is 2. The first-order chi connectivity index (χ1) is 9.31. The Hall–Kier alpha value is -1.36. The molecule has 4 nitrogen and oxygen atoms in total.